The topological polar surface area (TPSA) is 58.6 Å². The van der Waals surface area contributed by atoms with Crippen LogP contribution in [0.2, 0.25) is 0 Å². The summed E-state index contributed by atoms with van der Waals surface area (Å²) in [7, 11) is 0. The Hall–Kier alpha value is -1.61. The average molecular weight is 193 g/mol. The van der Waals surface area contributed by atoms with E-state index >= 15 is 0 Å². The van der Waals surface area contributed by atoms with Crippen molar-refractivity contribution in [2.75, 3.05) is 13.2 Å². The molecule has 0 atom stereocenters. The minimum atomic E-state index is -0.0546. The van der Waals surface area contributed by atoms with Crippen molar-refractivity contribution in [1.82, 2.24) is 5.48 Å². The molecule has 0 radical (unpaired) electrons. The molecule has 4 heteroatoms. The number of aliphatic hydroxyl groups excluding tert-OH is 1. The monoisotopic (exact) mass is 193 g/mol. The molecule has 1 aromatic carbocycles. The number of hydroxylamine groups is 1. The van der Waals surface area contributed by atoms with Gasteiger partial charge in [0.1, 0.15) is 0 Å². The van der Waals surface area contributed by atoms with Gasteiger partial charge in [0, 0.05) is 5.56 Å². The molecule has 0 aliphatic rings. The molecule has 0 fully saturated rings. The number of nitrogens with one attached hydrogen (secondary N) is 1. The van der Waals surface area contributed by atoms with Gasteiger partial charge >= 0.3 is 0 Å². The first-order chi connectivity index (χ1) is 6.88. The summed E-state index contributed by atoms with van der Waals surface area (Å²) in [4.78, 5) is 15.4. The highest BCUT2D eigenvalue weighted by molar-refractivity contribution is 5.82. The Labute approximate surface area is 81.8 Å². The van der Waals surface area contributed by atoms with Gasteiger partial charge in [-0.1, -0.05) is 30.3 Å². The van der Waals surface area contributed by atoms with Crippen molar-refractivity contribution in [3.63, 3.8) is 0 Å². The van der Waals surface area contributed by atoms with E-state index in [1.165, 1.54) is 0 Å². The summed E-state index contributed by atoms with van der Waals surface area (Å²) in [6, 6.07) is 8.90. The fourth-order valence-corrected chi connectivity index (χ4v) is 0.897. The van der Waals surface area contributed by atoms with E-state index in [1.807, 2.05) is 6.07 Å². The molecule has 14 heavy (non-hydrogen) atoms. The highest BCUT2D eigenvalue weighted by Gasteiger charge is 2.02. The zero-order valence-corrected chi connectivity index (χ0v) is 7.56. The molecule has 1 rings (SSSR count). The van der Waals surface area contributed by atoms with Crippen LogP contribution >= 0.6 is 0 Å². The van der Waals surface area contributed by atoms with Gasteiger partial charge in [-0.05, 0) is 0 Å². The molecule has 0 bridgehead atoms. The molecule has 2 N–H and O–H groups in total. The first kappa shape index (κ1) is 10.5. The van der Waals surface area contributed by atoms with E-state index in [1.54, 1.807) is 30.2 Å². The minimum absolute atomic E-state index is 0.0546. The zero-order valence-electron chi connectivity index (χ0n) is 7.56. The lowest BCUT2D eigenvalue weighted by molar-refractivity contribution is 0.136. The lowest BCUT2D eigenvalue weighted by atomic mass is 10.2. The van der Waals surface area contributed by atoms with Crippen LogP contribution in [0.4, 0.5) is 0 Å². The molecule has 0 heterocycles. The molecule has 0 unspecified atom stereocenters. The molecule has 0 spiro atoms. The van der Waals surface area contributed by atoms with Crippen molar-refractivity contribution < 1.29 is 14.7 Å². The second-order valence-corrected chi connectivity index (χ2v) is 2.52. The van der Waals surface area contributed by atoms with Crippen molar-refractivity contribution in [3.8, 4) is 0 Å². The van der Waals surface area contributed by atoms with Gasteiger partial charge < -0.3 is 9.94 Å². The van der Waals surface area contributed by atoms with Gasteiger partial charge in [0.15, 0.2) is 5.94 Å². The quantitative estimate of drug-likeness (QED) is 0.307. The van der Waals surface area contributed by atoms with Crippen LogP contribution in [0.5, 0.6) is 0 Å². The fourth-order valence-electron chi connectivity index (χ4n) is 0.897. The molecule has 4 nitrogen and oxygen atoms in total. The van der Waals surface area contributed by atoms with Crippen LogP contribution in [-0.4, -0.2) is 24.2 Å². The summed E-state index contributed by atoms with van der Waals surface area (Å²) in [6.45, 7) is 0.207. The maximum atomic E-state index is 10.5. The molecule has 1 aromatic rings. The largest absolute Gasteiger partial charge is 0.396 e. The molecule has 0 aromatic heterocycles. The second kappa shape index (κ2) is 5.94. The highest BCUT2D eigenvalue weighted by Crippen LogP contribution is 2.09. The van der Waals surface area contributed by atoms with Crippen molar-refractivity contribution in [3.05, 3.63) is 35.9 Å². The Balaban J connectivity index is 2.61. The summed E-state index contributed by atoms with van der Waals surface area (Å²) in [5.74, 6) is 1.76. The number of aliphatic hydroxyl groups is 1. The number of rotatable bonds is 5. The maximum absolute atomic E-state index is 10.5. The van der Waals surface area contributed by atoms with E-state index in [4.69, 9.17) is 9.94 Å². The lowest BCUT2D eigenvalue weighted by Gasteiger charge is -2.05. The van der Waals surface area contributed by atoms with E-state index < -0.39 is 0 Å². The smallest absolute Gasteiger partial charge is 0.237 e. The zero-order chi connectivity index (χ0) is 10.2. The average Bonchev–Trinajstić information content (AvgIpc) is 2.26. The van der Waals surface area contributed by atoms with Crippen LogP contribution in [-0.2, 0) is 9.63 Å². The van der Waals surface area contributed by atoms with Gasteiger partial charge in [0.2, 0.25) is 5.76 Å². The van der Waals surface area contributed by atoms with E-state index in [9.17, 15) is 4.79 Å². The molecule has 0 saturated carbocycles. The minimum Gasteiger partial charge on any atom is -0.396 e. The van der Waals surface area contributed by atoms with Crippen molar-refractivity contribution >= 4 is 11.7 Å². The third kappa shape index (κ3) is 3.03. The van der Waals surface area contributed by atoms with Gasteiger partial charge in [0.25, 0.3) is 0 Å². The van der Waals surface area contributed by atoms with Crippen LogP contribution in [0.25, 0.3) is 5.76 Å². The van der Waals surface area contributed by atoms with Gasteiger partial charge in [-0.25, -0.2) is 4.79 Å². The fraction of sp³-hybridized carbons (Fsp3) is 0.200. The summed E-state index contributed by atoms with van der Waals surface area (Å²) in [5.41, 5.74) is 3.08. The number of hydrogen-bond donors (Lipinski definition) is 2. The Morgan fingerprint density at radius 3 is 2.71 bits per heavy atom. The number of benzene rings is 1. The SMILES string of the molecule is O=C=C(ONCCO)c1ccccc1. The standard InChI is InChI=1S/C10H11NO3/c12-7-6-11-14-10(8-13)9-4-2-1-3-5-9/h1-5,11-12H,6-7H2. The summed E-state index contributed by atoms with van der Waals surface area (Å²) in [5, 5.41) is 8.47. The van der Waals surface area contributed by atoms with Crippen LogP contribution in [0, 0.1) is 0 Å². The third-order valence-electron chi connectivity index (χ3n) is 1.52. The Morgan fingerprint density at radius 2 is 2.14 bits per heavy atom. The molecule has 0 aliphatic carbocycles. The summed E-state index contributed by atoms with van der Waals surface area (Å²) < 4.78 is 0. The second-order valence-electron chi connectivity index (χ2n) is 2.52. The Bertz CT molecular complexity index is 317. The molecular formula is C10H11NO3. The normalized spacial score (nSPS) is 9.21. The van der Waals surface area contributed by atoms with E-state index in [-0.39, 0.29) is 18.9 Å². The molecule has 0 amide bonds. The number of hydrogen-bond acceptors (Lipinski definition) is 4. The van der Waals surface area contributed by atoms with Gasteiger partial charge in [-0.3, -0.25) is 0 Å². The van der Waals surface area contributed by atoms with E-state index in [2.05, 4.69) is 5.48 Å². The predicted molar refractivity (Wildman–Crippen MR) is 51.7 cm³/mol. The highest BCUT2D eigenvalue weighted by atomic mass is 16.6. The van der Waals surface area contributed by atoms with Crippen molar-refractivity contribution in [1.29, 1.82) is 0 Å². The Morgan fingerprint density at radius 1 is 1.43 bits per heavy atom. The van der Waals surface area contributed by atoms with Crippen molar-refractivity contribution in [2.45, 2.75) is 0 Å². The molecule has 0 saturated heterocycles. The van der Waals surface area contributed by atoms with Crippen LogP contribution in [0.1, 0.15) is 5.56 Å². The first-order valence-electron chi connectivity index (χ1n) is 4.19. The van der Waals surface area contributed by atoms with Crippen LogP contribution in [0.15, 0.2) is 30.3 Å². The van der Waals surface area contributed by atoms with Gasteiger partial charge in [-0.2, -0.15) is 5.48 Å². The third-order valence-corrected chi connectivity index (χ3v) is 1.52. The molecule has 74 valence electrons. The van der Waals surface area contributed by atoms with Crippen LogP contribution in [0.3, 0.4) is 0 Å². The lowest BCUT2D eigenvalue weighted by Crippen LogP contribution is -2.18. The van der Waals surface area contributed by atoms with E-state index in [0.717, 1.165) is 0 Å². The number of carbonyl (C=O) groups excluding carboxylic acids is 1. The maximum Gasteiger partial charge on any atom is 0.237 e. The van der Waals surface area contributed by atoms with E-state index in [0.29, 0.717) is 5.56 Å². The molecular weight excluding hydrogens is 182 g/mol. The predicted octanol–water partition coefficient (Wildman–Crippen LogP) is 0.373. The van der Waals surface area contributed by atoms with Gasteiger partial charge in [0.05, 0.1) is 13.2 Å². The molecule has 0 aliphatic heterocycles. The first-order valence-corrected chi connectivity index (χ1v) is 4.19. The van der Waals surface area contributed by atoms with Crippen molar-refractivity contribution in [2.24, 2.45) is 0 Å². The van der Waals surface area contributed by atoms with Gasteiger partial charge in [-0.15, -0.1) is 0 Å². The summed E-state index contributed by atoms with van der Waals surface area (Å²) in [6.07, 6.45) is 0. The summed E-state index contributed by atoms with van der Waals surface area (Å²) >= 11 is 0. The Kier molecular flexibility index (Phi) is 4.44. The van der Waals surface area contributed by atoms with Crippen LogP contribution < -0.4 is 5.48 Å².